The van der Waals surface area contributed by atoms with Gasteiger partial charge in [-0.05, 0) is 36.6 Å². The van der Waals surface area contributed by atoms with Gasteiger partial charge in [-0.15, -0.1) is 0 Å². The molecule has 1 atom stereocenters. The smallest absolute Gasteiger partial charge is 0.326 e. The molecule has 1 aromatic rings. The molecular formula is C13H17ClN2O4S. The molecule has 0 bridgehead atoms. The Labute approximate surface area is 132 Å². The average Bonchev–Trinajstić information content (AvgIpc) is 2.43. The van der Waals surface area contributed by atoms with Crippen molar-refractivity contribution in [1.29, 1.82) is 0 Å². The van der Waals surface area contributed by atoms with Crippen LogP contribution >= 0.6 is 23.4 Å². The van der Waals surface area contributed by atoms with Crippen molar-refractivity contribution in [2.24, 2.45) is 0 Å². The van der Waals surface area contributed by atoms with Crippen molar-refractivity contribution in [3.8, 4) is 5.75 Å². The number of amides is 2. The van der Waals surface area contributed by atoms with Crippen LogP contribution in [0.4, 0.5) is 10.5 Å². The van der Waals surface area contributed by atoms with E-state index in [2.05, 4.69) is 10.6 Å². The average molecular weight is 333 g/mol. The van der Waals surface area contributed by atoms with E-state index >= 15 is 0 Å². The maximum atomic E-state index is 11.9. The molecule has 1 aromatic carbocycles. The molecule has 2 amide bonds. The molecule has 3 N–H and O–H groups in total. The van der Waals surface area contributed by atoms with E-state index in [1.54, 1.807) is 12.1 Å². The van der Waals surface area contributed by atoms with Crippen LogP contribution in [0.3, 0.4) is 0 Å². The fraction of sp³-hybridized carbons (Fsp3) is 0.385. The summed E-state index contributed by atoms with van der Waals surface area (Å²) in [5.41, 5.74) is 0.372. The van der Waals surface area contributed by atoms with Crippen molar-refractivity contribution in [2.45, 2.75) is 12.5 Å². The Morgan fingerprint density at radius 1 is 1.48 bits per heavy atom. The van der Waals surface area contributed by atoms with Crippen LogP contribution in [0.1, 0.15) is 6.42 Å². The maximum Gasteiger partial charge on any atom is 0.326 e. The van der Waals surface area contributed by atoms with Crippen LogP contribution in [0.2, 0.25) is 5.02 Å². The minimum absolute atomic E-state index is 0.344. The van der Waals surface area contributed by atoms with E-state index in [0.29, 0.717) is 28.6 Å². The highest BCUT2D eigenvalue weighted by molar-refractivity contribution is 7.98. The zero-order valence-corrected chi connectivity index (χ0v) is 13.3. The van der Waals surface area contributed by atoms with Crippen molar-refractivity contribution in [2.75, 3.05) is 24.4 Å². The Kier molecular flexibility index (Phi) is 7.18. The Morgan fingerprint density at radius 3 is 2.76 bits per heavy atom. The van der Waals surface area contributed by atoms with Crippen molar-refractivity contribution >= 4 is 41.1 Å². The molecule has 0 radical (unpaired) electrons. The van der Waals surface area contributed by atoms with Gasteiger partial charge in [-0.1, -0.05) is 11.6 Å². The first kappa shape index (κ1) is 17.5. The van der Waals surface area contributed by atoms with Gasteiger partial charge in [-0.3, -0.25) is 0 Å². The van der Waals surface area contributed by atoms with E-state index in [1.165, 1.54) is 24.9 Å². The van der Waals surface area contributed by atoms with Gasteiger partial charge < -0.3 is 20.5 Å². The monoisotopic (exact) mass is 332 g/mol. The first-order valence-corrected chi connectivity index (χ1v) is 7.88. The number of nitrogens with one attached hydrogen (secondary N) is 2. The third-order valence-electron chi connectivity index (χ3n) is 2.62. The second kappa shape index (κ2) is 8.63. The summed E-state index contributed by atoms with van der Waals surface area (Å²) in [6.45, 7) is 0. The molecule has 0 aliphatic rings. The number of aliphatic carboxylic acids is 1. The van der Waals surface area contributed by atoms with Crippen LogP contribution in [-0.4, -0.2) is 42.3 Å². The lowest BCUT2D eigenvalue weighted by Gasteiger charge is -2.16. The van der Waals surface area contributed by atoms with E-state index in [-0.39, 0.29) is 0 Å². The second-order valence-electron chi connectivity index (χ2n) is 4.12. The molecule has 0 aromatic heterocycles. The molecule has 0 unspecified atom stereocenters. The molecule has 0 saturated heterocycles. The van der Waals surface area contributed by atoms with Gasteiger partial charge in [0.25, 0.3) is 0 Å². The minimum Gasteiger partial charge on any atom is -0.495 e. The number of rotatable bonds is 7. The number of carbonyl (C=O) groups is 2. The molecule has 0 fully saturated rings. The number of carboxylic acids is 1. The van der Waals surface area contributed by atoms with Gasteiger partial charge >= 0.3 is 12.0 Å². The number of ether oxygens (including phenoxy) is 1. The van der Waals surface area contributed by atoms with Crippen molar-refractivity contribution in [3.05, 3.63) is 23.2 Å². The van der Waals surface area contributed by atoms with E-state index in [9.17, 15) is 9.59 Å². The molecule has 6 nitrogen and oxygen atoms in total. The summed E-state index contributed by atoms with van der Waals surface area (Å²) in [6.07, 6.45) is 2.21. The molecule has 0 aliphatic heterocycles. The summed E-state index contributed by atoms with van der Waals surface area (Å²) < 4.78 is 5.10. The van der Waals surface area contributed by atoms with Gasteiger partial charge in [-0.2, -0.15) is 11.8 Å². The number of halogens is 1. The number of methoxy groups -OCH3 is 1. The summed E-state index contributed by atoms with van der Waals surface area (Å²) in [7, 11) is 1.46. The van der Waals surface area contributed by atoms with Gasteiger partial charge in [0.15, 0.2) is 0 Å². The number of thioether (sulfide) groups is 1. The number of anilines is 1. The summed E-state index contributed by atoms with van der Waals surface area (Å²) in [5, 5.41) is 14.4. The standard InChI is InChI=1S/C13H17ClN2O4S/c1-20-11-4-3-8(14)7-10(11)16-13(19)15-9(12(17)18)5-6-21-2/h3-4,7,9H,5-6H2,1-2H3,(H,17,18)(H2,15,16,19)/t9-/m1/s1. The third-order valence-corrected chi connectivity index (χ3v) is 3.50. The highest BCUT2D eigenvalue weighted by Crippen LogP contribution is 2.27. The quantitative estimate of drug-likeness (QED) is 0.714. The van der Waals surface area contributed by atoms with Gasteiger partial charge in [0.1, 0.15) is 11.8 Å². The van der Waals surface area contributed by atoms with Gasteiger partial charge in [-0.25, -0.2) is 9.59 Å². The van der Waals surface area contributed by atoms with Crippen LogP contribution in [-0.2, 0) is 4.79 Å². The molecule has 0 aliphatic carbocycles. The molecule has 0 saturated carbocycles. The number of carbonyl (C=O) groups excluding carboxylic acids is 1. The predicted molar refractivity (Wildman–Crippen MR) is 84.6 cm³/mol. The van der Waals surface area contributed by atoms with E-state index in [4.69, 9.17) is 21.4 Å². The largest absolute Gasteiger partial charge is 0.495 e. The summed E-state index contributed by atoms with van der Waals surface area (Å²) in [4.78, 5) is 23.0. The lowest BCUT2D eigenvalue weighted by Crippen LogP contribution is -2.43. The summed E-state index contributed by atoms with van der Waals surface area (Å²) >= 11 is 7.37. The second-order valence-corrected chi connectivity index (χ2v) is 5.54. The topological polar surface area (TPSA) is 87.7 Å². The highest BCUT2D eigenvalue weighted by Gasteiger charge is 2.20. The van der Waals surface area contributed by atoms with E-state index in [1.807, 2.05) is 6.26 Å². The third kappa shape index (κ3) is 5.73. The summed E-state index contributed by atoms with van der Waals surface area (Å²) in [6, 6.07) is 3.20. The van der Waals surface area contributed by atoms with Gasteiger partial charge in [0.05, 0.1) is 12.8 Å². The van der Waals surface area contributed by atoms with Crippen LogP contribution in [0.15, 0.2) is 18.2 Å². The SMILES string of the molecule is COc1ccc(Cl)cc1NC(=O)N[C@H](CCSC)C(=O)O. The van der Waals surface area contributed by atoms with Crippen LogP contribution in [0.5, 0.6) is 5.75 Å². The molecular weight excluding hydrogens is 316 g/mol. The van der Waals surface area contributed by atoms with Crippen molar-refractivity contribution < 1.29 is 19.4 Å². The lowest BCUT2D eigenvalue weighted by molar-refractivity contribution is -0.139. The fourth-order valence-corrected chi connectivity index (χ4v) is 2.23. The summed E-state index contributed by atoms with van der Waals surface area (Å²) in [5.74, 6) is 0.000341. The molecule has 0 heterocycles. The maximum absolute atomic E-state index is 11.9. The molecule has 0 spiro atoms. The number of benzene rings is 1. The Balaban J connectivity index is 2.71. The zero-order chi connectivity index (χ0) is 15.8. The van der Waals surface area contributed by atoms with Crippen molar-refractivity contribution in [3.63, 3.8) is 0 Å². The van der Waals surface area contributed by atoms with Crippen LogP contribution in [0, 0.1) is 0 Å². The van der Waals surface area contributed by atoms with E-state index < -0.39 is 18.0 Å². The fourth-order valence-electron chi connectivity index (χ4n) is 1.59. The highest BCUT2D eigenvalue weighted by atomic mass is 35.5. The molecule has 21 heavy (non-hydrogen) atoms. The number of hydrogen-bond acceptors (Lipinski definition) is 4. The number of urea groups is 1. The van der Waals surface area contributed by atoms with Crippen molar-refractivity contribution in [1.82, 2.24) is 5.32 Å². The first-order valence-electron chi connectivity index (χ1n) is 6.10. The Hall–Kier alpha value is -1.60. The molecule has 116 valence electrons. The molecule has 8 heteroatoms. The number of carboxylic acid groups (broad SMARTS) is 1. The first-order chi connectivity index (χ1) is 9.97. The number of hydrogen-bond donors (Lipinski definition) is 3. The zero-order valence-electron chi connectivity index (χ0n) is 11.7. The van der Waals surface area contributed by atoms with Crippen LogP contribution < -0.4 is 15.4 Å². The van der Waals surface area contributed by atoms with E-state index in [0.717, 1.165) is 0 Å². The van der Waals surface area contributed by atoms with Gasteiger partial charge in [0.2, 0.25) is 0 Å². The predicted octanol–water partition coefficient (Wildman–Crippen LogP) is 2.68. The minimum atomic E-state index is -1.07. The Morgan fingerprint density at radius 2 is 2.19 bits per heavy atom. The van der Waals surface area contributed by atoms with Gasteiger partial charge in [0, 0.05) is 5.02 Å². The normalized spacial score (nSPS) is 11.6. The lowest BCUT2D eigenvalue weighted by atomic mass is 10.2. The Bertz CT molecular complexity index is 513. The van der Waals surface area contributed by atoms with Crippen LogP contribution in [0.25, 0.3) is 0 Å². The molecule has 1 rings (SSSR count).